The number of carbonyl (C=O) groups is 1. The van der Waals surface area contributed by atoms with Crippen molar-refractivity contribution in [2.45, 2.75) is 50.0 Å². The third-order valence-electron chi connectivity index (χ3n) is 5.00. The van der Waals surface area contributed by atoms with E-state index >= 15 is 0 Å². The van der Waals surface area contributed by atoms with E-state index < -0.39 is 10.0 Å². The minimum absolute atomic E-state index is 0.173. The maximum absolute atomic E-state index is 13.0. The molecule has 2 aromatic rings. The van der Waals surface area contributed by atoms with Gasteiger partial charge in [-0.2, -0.15) is 9.40 Å². The monoisotopic (exact) mass is 420 g/mol. The van der Waals surface area contributed by atoms with Gasteiger partial charge in [-0.15, -0.1) is 0 Å². The first-order valence-corrected chi connectivity index (χ1v) is 11.4. The molecule has 1 N–H and O–H groups in total. The van der Waals surface area contributed by atoms with Crippen LogP contribution in [0, 0.1) is 0 Å². The molecule has 0 radical (unpaired) electrons. The number of aryl methyl sites for hydroxylation is 1. The molecule has 1 saturated heterocycles. The zero-order valence-corrected chi connectivity index (χ0v) is 17.5. The molecule has 0 aliphatic carbocycles. The number of amides is 1. The molecule has 29 heavy (non-hydrogen) atoms. The van der Waals surface area contributed by atoms with Gasteiger partial charge in [0.25, 0.3) is 0 Å². The fourth-order valence-corrected chi connectivity index (χ4v) is 4.97. The van der Waals surface area contributed by atoms with Crippen molar-refractivity contribution in [2.75, 3.05) is 25.5 Å². The van der Waals surface area contributed by atoms with Crippen molar-refractivity contribution in [3.05, 3.63) is 36.7 Å². The van der Waals surface area contributed by atoms with Gasteiger partial charge in [-0.05, 0) is 43.5 Å². The molecular weight excluding hydrogens is 392 g/mol. The Morgan fingerprint density at radius 3 is 2.62 bits per heavy atom. The molecule has 9 heteroatoms. The van der Waals surface area contributed by atoms with Gasteiger partial charge in [0.15, 0.2) is 0 Å². The standard InChI is InChI=1S/C20H28N4O4S/c1-28-19-10-9-17(29(26,27)24-14-4-2-3-5-15-24)16-18(19)22-20(25)8-6-12-23-13-7-11-21-23/h7,9-11,13,16H,2-6,8,12,14-15H2,1H3,(H,22,25). The summed E-state index contributed by atoms with van der Waals surface area (Å²) in [6.07, 6.45) is 8.31. The molecule has 2 heterocycles. The molecule has 0 spiro atoms. The third kappa shape index (κ3) is 5.57. The summed E-state index contributed by atoms with van der Waals surface area (Å²) in [5.74, 6) is 0.236. The molecule has 0 bridgehead atoms. The predicted octanol–water partition coefficient (Wildman–Crippen LogP) is 2.88. The first-order valence-electron chi connectivity index (χ1n) is 9.96. The van der Waals surface area contributed by atoms with Gasteiger partial charge in [0.05, 0.1) is 17.7 Å². The van der Waals surface area contributed by atoms with Gasteiger partial charge in [-0.1, -0.05) is 12.8 Å². The first-order chi connectivity index (χ1) is 14.0. The molecule has 3 rings (SSSR count). The predicted molar refractivity (Wildman–Crippen MR) is 110 cm³/mol. The first kappa shape index (κ1) is 21.3. The SMILES string of the molecule is COc1ccc(S(=O)(=O)N2CCCCCC2)cc1NC(=O)CCCn1cccn1. The number of rotatable bonds is 8. The highest BCUT2D eigenvalue weighted by Crippen LogP contribution is 2.30. The summed E-state index contributed by atoms with van der Waals surface area (Å²) in [4.78, 5) is 12.5. The van der Waals surface area contributed by atoms with Crippen LogP contribution in [0.15, 0.2) is 41.6 Å². The van der Waals surface area contributed by atoms with Crippen molar-refractivity contribution >= 4 is 21.6 Å². The second kappa shape index (κ2) is 9.89. The molecule has 158 valence electrons. The Labute approximate surface area is 171 Å². The second-order valence-electron chi connectivity index (χ2n) is 7.10. The van der Waals surface area contributed by atoms with Gasteiger partial charge in [-0.3, -0.25) is 9.48 Å². The highest BCUT2D eigenvalue weighted by Gasteiger charge is 2.26. The zero-order valence-electron chi connectivity index (χ0n) is 16.7. The van der Waals surface area contributed by atoms with Crippen LogP contribution in [-0.4, -0.2) is 48.6 Å². The number of aromatic nitrogens is 2. The molecule has 1 aliphatic heterocycles. The Morgan fingerprint density at radius 2 is 1.97 bits per heavy atom. The second-order valence-corrected chi connectivity index (χ2v) is 9.04. The summed E-state index contributed by atoms with van der Waals surface area (Å²) >= 11 is 0. The van der Waals surface area contributed by atoms with Crippen LogP contribution >= 0.6 is 0 Å². The van der Waals surface area contributed by atoms with Gasteiger partial charge in [0, 0.05) is 38.4 Å². The van der Waals surface area contributed by atoms with Crippen molar-refractivity contribution in [1.82, 2.24) is 14.1 Å². The zero-order chi connectivity index (χ0) is 20.7. The maximum atomic E-state index is 13.0. The summed E-state index contributed by atoms with van der Waals surface area (Å²) in [6.45, 7) is 1.70. The number of carbonyl (C=O) groups excluding carboxylic acids is 1. The van der Waals surface area contributed by atoms with E-state index in [4.69, 9.17) is 4.74 Å². The number of nitrogens with zero attached hydrogens (tertiary/aromatic N) is 3. The minimum atomic E-state index is -3.60. The Kier molecular flexibility index (Phi) is 7.27. The topological polar surface area (TPSA) is 93.5 Å². The van der Waals surface area contributed by atoms with Crippen LogP contribution in [0.3, 0.4) is 0 Å². The maximum Gasteiger partial charge on any atom is 0.243 e. The summed E-state index contributed by atoms with van der Waals surface area (Å²) in [7, 11) is -2.11. The van der Waals surface area contributed by atoms with E-state index in [1.807, 2.05) is 12.3 Å². The number of methoxy groups -OCH3 is 1. The van der Waals surface area contributed by atoms with E-state index in [-0.39, 0.29) is 10.8 Å². The molecular formula is C20H28N4O4S. The number of nitrogens with one attached hydrogen (secondary N) is 1. The minimum Gasteiger partial charge on any atom is -0.495 e. The Hall–Kier alpha value is -2.39. The summed E-state index contributed by atoms with van der Waals surface area (Å²) in [6, 6.07) is 6.45. The van der Waals surface area contributed by atoms with Gasteiger partial charge >= 0.3 is 0 Å². The van der Waals surface area contributed by atoms with Crippen LogP contribution in [0.25, 0.3) is 0 Å². The van der Waals surface area contributed by atoms with E-state index in [2.05, 4.69) is 10.4 Å². The molecule has 1 aromatic heterocycles. The molecule has 8 nitrogen and oxygen atoms in total. The highest BCUT2D eigenvalue weighted by atomic mass is 32.2. The average molecular weight is 421 g/mol. The normalized spacial score (nSPS) is 15.6. The van der Waals surface area contributed by atoms with Crippen LogP contribution in [-0.2, 0) is 21.4 Å². The van der Waals surface area contributed by atoms with Crippen molar-refractivity contribution in [3.63, 3.8) is 0 Å². The smallest absolute Gasteiger partial charge is 0.243 e. The van der Waals surface area contributed by atoms with E-state index in [1.54, 1.807) is 16.9 Å². The van der Waals surface area contributed by atoms with E-state index in [0.717, 1.165) is 25.7 Å². The molecule has 0 atom stereocenters. The third-order valence-corrected chi connectivity index (χ3v) is 6.89. The lowest BCUT2D eigenvalue weighted by Crippen LogP contribution is -2.32. The fraction of sp³-hybridized carbons (Fsp3) is 0.500. The average Bonchev–Trinajstić information content (AvgIpc) is 3.06. The summed E-state index contributed by atoms with van der Waals surface area (Å²) in [5, 5.41) is 6.90. The number of sulfonamides is 1. The van der Waals surface area contributed by atoms with Crippen LogP contribution in [0.1, 0.15) is 38.5 Å². The molecule has 0 saturated carbocycles. The Balaban J connectivity index is 1.69. The van der Waals surface area contributed by atoms with E-state index in [0.29, 0.717) is 43.9 Å². The van der Waals surface area contributed by atoms with Crippen molar-refractivity contribution < 1.29 is 17.9 Å². The van der Waals surface area contributed by atoms with E-state index in [1.165, 1.54) is 23.5 Å². The molecule has 1 aromatic carbocycles. The largest absolute Gasteiger partial charge is 0.495 e. The van der Waals surface area contributed by atoms with Crippen LogP contribution in [0.2, 0.25) is 0 Å². The highest BCUT2D eigenvalue weighted by molar-refractivity contribution is 7.89. The van der Waals surface area contributed by atoms with Gasteiger partial charge < -0.3 is 10.1 Å². The molecule has 0 unspecified atom stereocenters. The number of anilines is 1. The number of benzene rings is 1. The number of ether oxygens (including phenoxy) is 1. The van der Waals surface area contributed by atoms with Gasteiger partial charge in [0.2, 0.25) is 15.9 Å². The fourth-order valence-electron chi connectivity index (χ4n) is 3.42. The molecule has 1 fully saturated rings. The van der Waals surface area contributed by atoms with Crippen LogP contribution < -0.4 is 10.1 Å². The van der Waals surface area contributed by atoms with Crippen molar-refractivity contribution in [3.8, 4) is 5.75 Å². The molecule has 1 amide bonds. The van der Waals surface area contributed by atoms with E-state index in [9.17, 15) is 13.2 Å². The Bertz CT molecular complexity index is 905. The number of hydrogen-bond acceptors (Lipinski definition) is 5. The Morgan fingerprint density at radius 1 is 1.21 bits per heavy atom. The lowest BCUT2D eigenvalue weighted by Gasteiger charge is -2.21. The van der Waals surface area contributed by atoms with Crippen molar-refractivity contribution in [2.24, 2.45) is 0 Å². The van der Waals surface area contributed by atoms with Gasteiger partial charge in [-0.25, -0.2) is 8.42 Å². The van der Waals surface area contributed by atoms with Crippen LogP contribution in [0.4, 0.5) is 5.69 Å². The lowest BCUT2D eigenvalue weighted by atomic mass is 10.2. The number of hydrogen-bond donors (Lipinski definition) is 1. The summed E-state index contributed by atoms with van der Waals surface area (Å²) < 4.78 is 34.7. The van der Waals surface area contributed by atoms with Crippen molar-refractivity contribution in [1.29, 1.82) is 0 Å². The lowest BCUT2D eigenvalue weighted by molar-refractivity contribution is -0.116. The quantitative estimate of drug-likeness (QED) is 0.709. The molecule has 1 aliphatic rings. The van der Waals surface area contributed by atoms with Crippen LogP contribution in [0.5, 0.6) is 5.75 Å². The summed E-state index contributed by atoms with van der Waals surface area (Å²) in [5.41, 5.74) is 0.368. The van der Waals surface area contributed by atoms with Gasteiger partial charge in [0.1, 0.15) is 5.75 Å².